The normalized spacial score (nSPS) is 19.3. The minimum absolute atomic E-state index is 0.00343. The van der Waals surface area contributed by atoms with E-state index >= 15 is 0 Å². The maximum Gasteiger partial charge on any atom is 0.256 e. The molecule has 1 saturated heterocycles. The zero-order valence-electron chi connectivity index (χ0n) is 10.5. The van der Waals surface area contributed by atoms with Crippen molar-refractivity contribution in [2.45, 2.75) is 25.3 Å². The molecule has 0 saturated carbocycles. The quantitative estimate of drug-likeness (QED) is 0.797. The molecule has 96 valence electrons. The molecule has 3 rings (SSSR count). The molecule has 0 spiro atoms. The average Bonchev–Trinajstić information content (AvgIpc) is 2.90. The van der Waals surface area contributed by atoms with Crippen molar-refractivity contribution < 1.29 is 4.79 Å². The summed E-state index contributed by atoms with van der Waals surface area (Å²) in [6, 6.07) is 9.92. The Morgan fingerprint density at radius 1 is 1.37 bits per heavy atom. The van der Waals surface area contributed by atoms with Crippen LogP contribution in [0.2, 0.25) is 0 Å². The van der Waals surface area contributed by atoms with E-state index in [-0.39, 0.29) is 11.9 Å². The third-order valence-electron chi connectivity index (χ3n) is 3.62. The summed E-state index contributed by atoms with van der Waals surface area (Å²) in [4.78, 5) is 14.4. The highest BCUT2D eigenvalue weighted by atomic mass is 32.1. The minimum Gasteiger partial charge on any atom is -0.323 e. The maximum atomic E-state index is 12.6. The van der Waals surface area contributed by atoms with Crippen LogP contribution in [0.4, 0.5) is 0 Å². The van der Waals surface area contributed by atoms with Crippen LogP contribution in [0, 0.1) is 11.3 Å². The van der Waals surface area contributed by atoms with Crippen LogP contribution >= 0.6 is 11.3 Å². The van der Waals surface area contributed by atoms with Gasteiger partial charge >= 0.3 is 0 Å². The lowest BCUT2D eigenvalue weighted by Gasteiger charge is -2.31. The molecule has 4 heteroatoms. The highest BCUT2D eigenvalue weighted by Gasteiger charge is 2.28. The van der Waals surface area contributed by atoms with Crippen LogP contribution in [0.5, 0.6) is 0 Å². The van der Waals surface area contributed by atoms with Gasteiger partial charge in [-0.05, 0) is 25.3 Å². The zero-order chi connectivity index (χ0) is 13.2. The van der Waals surface area contributed by atoms with Crippen LogP contribution in [0.15, 0.2) is 29.6 Å². The molecule has 1 aromatic heterocycles. The lowest BCUT2D eigenvalue weighted by molar-refractivity contribution is 0.0673. The second-order valence-corrected chi connectivity index (χ2v) is 5.70. The molecule has 0 aliphatic carbocycles. The van der Waals surface area contributed by atoms with E-state index in [2.05, 4.69) is 6.07 Å². The maximum absolute atomic E-state index is 12.6. The predicted molar refractivity (Wildman–Crippen MR) is 76.1 cm³/mol. The summed E-state index contributed by atoms with van der Waals surface area (Å²) in [6.07, 6.45) is 2.82. The summed E-state index contributed by atoms with van der Waals surface area (Å²) in [6.45, 7) is 0.696. The first-order valence-electron chi connectivity index (χ1n) is 6.48. The number of likely N-dealkylation sites (tertiary alicyclic amines) is 1. The van der Waals surface area contributed by atoms with Crippen molar-refractivity contribution in [2.75, 3.05) is 6.54 Å². The van der Waals surface area contributed by atoms with E-state index < -0.39 is 0 Å². The zero-order valence-corrected chi connectivity index (χ0v) is 11.3. The molecular formula is C15H14N2OS. The number of carbonyl (C=O) groups excluding carboxylic acids is 1. The van der Waals surface area contributed by atoms with E-state index in [1.54, 1.807) is 16.2 Å². The fourth-order valence-electron chi connectivity index (χ4n) is 2.61. The lowest BCUT2D eigenvalue weighted by atomic mass is 10.0. The summed E-state index contributed by atoms with van der Waals surface area (Å²) >= 11 is 1.58. The van der Waals surface area contributed by atoms with E-state index in [0.717, 1.165) is 34.9 Å². The lowest BCUT2D eigenvalue weighted by Crippen LogP contribution is -2.42. The largest absolute Gasteiger partial charge is 0.323 e. The molecule has 0 bridgehead atoms. The minimum atomic E-state index is -0.264. The van der Waals surface area contributed by atoms with Gasteiger partial charge in [0.05, 0.1) is 11.6 Å². The molecule has 0 radical (unpaired) electrons. The van der Waals surface area contributed by atoms with Gasteiger partial charge in [-0.3, -0.25) is 4.79 Å². The van der Waals surface area contributed by atoms with Gasteiger partial charge in [-0.2, -0.15) is 5.26 Å². The second-order valence-electron chi connectivity index (χ2n) is 4.78. The van der Waals surface area contributed by atoms with Crippen molar-refractivity contribution in [3.8, 4) is 6.07 Å². The van der Waals surface area contributed by atoms with E-state index in [4.69, 9.17) is 0 Å². The van der Waals surface area contributed by atoms with Gasteiger partial charge < -0.3 is 4.90 Å². The molecule has 1 aliphatic heterocycles. The molecule has 0 N–H and O–H groups in total. The number of thiophene rings is 1. The number of nitrogens with zero attached hydrogens (tertiary/aromatic N) is 2. The Kier molecular flexibility index (Phi) is 3.22. The molecule has 1 unspecified atom stereocenters. The molecule has 1 atom stereocenters. The Bertz CT molecular complexity index is 655. The summed E-state index contributed by atoms with van der Waals surface area (Å²) < 4.78 is 1.12. The van der Waals surface area contributed by atoms with Crippen LogP contribution in [-0.4, -0.2) is 23.4 Å². The van der Waals surface area contributed by atoms with Gasteiger partial charge in [0, 0.05) is 22.0 Å². The summed E-state index contributed by atoms with van der Waals surface area (Å²) in [7, 11) is 0. The SMILES string of the molecule is N#CC1CCCCN1C(=O)c1csc2ccccc12. The van der Waals surface area contributed by atoms with Crippen molar-refractivity contribution in [1.82, 2.24) is 4.90 Å². The Morgan fingerprint density at radius 3 is 3.05 bits per heavy atom. The van der Waals surface area contributed by atoms with E-state index in [0.29, 0.717) is 6.54 Å². The Balaban J connectivity index is 1.97. The molecule has 2 aromatic rings. The van der Waals surface area contributed by atoms with Crippen LogP contribution in [-0.2, 0) is 0 Å². The Morgan fingerprint density at radius 2 is 2.21 bits per heavy atom. The number of benzene rings is 1. The highest BCUT2D eigenvalue weighted by molar-refractivity contribution is 7.17. The first kappa shape index (κ1) is 12.2. The Hall–Kier alpha value is -1.86. The number of carbonyl (C=O) groups is 1. The standard InChI is InChI=1S/C15H14N2OS/c16-9-11-5-3-4-8-17(11)15(18)13-10-19-14-7-2-1-6-12(13)14/h1-2,6-7,10-11H,3-5,8H2. The number of piperidine rings is 1. The molecule has 1 amide bonds. The first-order valence-corrected chi connectivity index (χ1v) is 7.36. The van der Waals surface area contributed by atoms with Crippen molar-refractivity contribution in [2.24, 2.45) is 0 Å². The molecular weight excluding hydrogens is 256 g/mol. The second kappa shape index (κ2) is 5.02. The van der Waals surface area contributed by atoms with Gasteiger partial charge in [0.15, 0.2) is 0 Å². The molecule has 19 heavy (non-hydrogen) atoms. The highest BCUT2D eigenvalue weighted by Crippen LogP contribution is 2.28. The van der Waals surface area contributed by atoms with Gasteiger partial charge in [0.2, 0.25) is 0 Å². The predicted octanol–water partition coefficient (Wildman–Crippen LogP) is 3.42. The van der Waals surface area contributed by atoms with Gasteiger partial charge in [-0.15, -0.1) is 11.3 Å². The van der Waals surface area contributed by atoms with Crippen molar-refractivity contribution in [3.63, 3.8) is 0 Å². The van der Waals surface area contributed by atoms with Crippen molar-refractivity contribution >= 4 is 27.3 Å². The van der Waals surface area contributed by atoms with Crippen LogP contribution in [0.3, 0.4) is 0 Å². The smallest absolute Gasteiger partial charge is 0.256 e. The monoisotopic (exact) mass is 270 g/mol. The average molecular weight is 270 g/mol. The number of amides is 1. The van der Waals surface area contributed by atoms with Crippen LogP contribution < -0.4 is 0 Å². The molecule has 1 aliphatic rings. The third-order valence-corrected chi connectivity index (χ3v) is 4.59. The molecule has 3 nitrogen and oxygen atoms in total. The third kappa shape index (κ3) is 2.11. The summed E-state index contributed by atoms with van der Waals surface area (Å²) in [5.41, 5.74) is 0.739. The van der Waals surface area contributed by atoms with E-state index in [1.807, 2.05) is 29.6 Å². The Labute approximate surface area is 116 Å². The summed E-state index contributed by atoms with van der Waals surface area (Å²) in [5, 5.41) is 12.1. The molecule has 2 heterocycles. The fourth-order valence-corrected chi connectivity index (χ4v) is 3.54. The van der Waals surface area contributed by atoms with E-state index in [9.17, 15) is 10.1 Å². The van der Waals surface area contributed by atoms with Gasteiger partial charge in [0.1, 0.15) is 6.04 Å². The van der Waals surface area contributed by atoms with Crippen LogP contribution in [0.25, 0.3) is 10.1 Å². The topological polar surface area (TPSA) is 44.1 Å². The molecule has 1 fully saturated rings. The fraction of sp³-hybridized carbons (Fsp3) is 0.333. The number of nitriles is 1. The molecule has 1 aromatic carbocycles. The van der Waals surface area contributed by atoms with Gasteiger partial charge in [-0.25, -0.2) is 0 Å². The van der Waals surface area contributed by atoms with Gasteiger partial charge in [0.25, 0.3) is 5.91 Å². The van der Waals surface area contributed by atoms with Gasteiger partial charge in [-0.1, -0.05) is 18.2 Å². The van der Waals surface area contributed by atoms with Crippen molar-refractivity contribution in [3.05, 3.63) is 35.2 Å². The number of fused-ring (bicyclic) bond motifs is 1. The number of hydrogen-bond acceptors (Lipinski definition) is 3. The first-order chi connectivity index (χ1) is 9.31. The number of hydrogen-bond donors (Lipinski definition) is 0. The number of rotatable bonds is 1. The summed E-state index contributed by atoms with van der Waals surface area (Å²) in [5.74, 6) is 0.00343. The van der Waals surface area contributed by atoms with Crippen molar-refractivity contribution in [1.29, 1.82) is 5.26 Å². The van der Waals surface area contributed by atoms with Crippen LogP contribution in [0.1, 0.15) is 29.6 Å². The van der Waals surface area contributed by atoms with E-state index in [1.165, 1.54) is 0 Å².